The number of methoxy groups -OCH3 is 2. The lowest BCUT2D eigenvalue weighted by atomic mass is 9.98. The number of carbonyl (C=O) groups excluding carboxylic acids is 1. The van der Waals surface area contributed by atoms with E-state index in [2.05, 4.69) is 10.3 Å². The molecule has 30 heavy (non-hydrogen) atoms. The van der Waals surface area contributed by atoms with Crippen LogP contribution in [0.3, 0.4) is 0 Å². The predicted octanol–water partition coefficient (Wildman–Crippen LogP) is 4.07. The molecule has 6 nitrogen and oxygen atoms in total. The Labute approximate surface area is 175 Å². The highest BCUT2D eigenvalue weighted by Crippen LogP contribution is 2.23. The second-order valence-corrected chi connectivity index (χ2v) is 6.94. The van der Waals surface area contributed by atoms with Crippen LogP contribution in [0.4, 0.5) is 0 Å². The molecule has 152 valence electrons. The molecule has 0 spiro atoms. The van der Waals surface area contributed by atoms with Gasteiger partial charge in [-0.1, -0.05) is 30.3 Å². The van der Waals surface area contributed by atoms with Crippen LogP contribution in [0.1, 0.15) is 27.7 Å². The minimum absolute atomic E-state index is 0.215. The number of hydrogen-bond acceptors (Lipinski definition) is 4. The monoisotopic (exact) mass is 401 g/mol. The standard InChI is InChI=1S/C24H23N3O3/c1-29-19-10-6-17(7-11-19)15-21(18-8-12-20(30-2)13-9-18)26-24(28)22-16-27-14-4-3-5-23(27)25-22/h3-14,16,21H,15H2,1-2H3,(H,26,28). The molecule has 0 fully saturated rings. The molecule has 2 aromatic heterocycles. The normalized spacial score (nSPS) is 11.8. The Kier molecular flexibility index (Phi) is 5.66. The summed E-state index contributed by atoms with van der Waals surface area (Å²) in [6, 6.07) is 21.0. The molecular weight excluding hydrogens is 378 g/mol. The zero-order valence-electron chi connectivity index (χ0n) is 16.9. The molecule has 4 aromatic rings. The van der Waals surface area contributed by atoms with Gasteiger partial charge < -0.3 is 19.2 Å². The van der Waals surface area contributed by atoms with Crippen LogP contribution in [0, 0.1) is 0 Å². The summed E-state index contributed by atoms with van der Waals surface area (Å²) in [6.45, 7) is 0. The first kappa shape index (κ1) is 19.5. The lowest BCUT2D eigenvalue weighted by molar-refractivity contribution is 0.0932. The van der Waals surface area contributed by atoms with Crippen molar-refractivity contribution < 1.29 is 14.3 Å². The number of nitrogens with one attached hydrogen (secondary N) is 1. The number of amides is 1. The van der Waals surface area contributed by atoms with Crippen molar-refractivity contribution >= 4 is 11.6 Å². The highest BCUT2D eigenvalue weighted by atomic mass is 16.5. The molecule has 1 N–H and O–H groups in total. The van der Waals surface area contributed by atoms with Crippen LogP contribution >= 0.6 is 0 Å². The predicted molar refractivity (Wildman–Crippen MR) is 115 cm³/mol. The summed E-state index contributed by atoms with van der Waals surface area (Å²) in [5.41, 5.74) is 3.20. The van der Waals surface area contributed by atoms with Crippen LogP contribution in [0.5, 0.6) is 11.5 Å². The molecule has 4 rings (SSSR count). The Hall–Kier alpha value is -3.80. The van der Waals surface area contributed by atoms with Gasteiger partial charge in [-0.3, -0.25) is 4.79 Å². The van der Waals surface area contributed by atoms with Gasteiger partial charge in [0, 0.05) is 12.4 Å². The third-order valence-electron chi connectivity index (χ3n) is 5.02. The zero-order valence-corrected chi connectivity index (χ0v) is 16.9. The topological polar surface area (TPSA) is 64.9 Å². The molecule has 0 bridgehead atoms. The smallest absolute Gasteiger partial charge is 0.272 e. The van der Waals surface area contributed by atoms with Crippen molar-refractivity contribution in [3.05, 3.63) is 95.9 Å². The van der Waals surface area contributed by atoms with E-state index in [4.69, 9.17) is 9.47 Å². The first-order valence-electron chi connectivity index (χ1n) is 9.68. The van der Waals surface area contributed by atoms with Crippen LogP contribution in [0.2, 0.25) is 0 Å². The Morgan fingerprint density at radius 2 is 1.63 bits per heavy atom. The fourth-order valence-electron chi connectivity index (χ4n) is 3.36. The van der Waals surface area contributed by atoms with Gasteiger partial charge in [0.1, 0.15) is 22.8 Å². The number of aromatic nitrogens is 2. The molecule has 6 heteroatoms. The molecule has 0 radical (unpaired) electrons. The van der Waals surface area contributed by atoms with Gasteiger partial charge in [-0.05, 0) is 53.9 Å². The van der Waals surface area contributed by atoms with E-state index in [9.17, 15) is 4.79 Å². The van der Waals surface area contributed by atoms with Gasteiger partial charge in [0.15, 0.2) is 0 Å². The zero-order chi connectivity index (χ0) is 20.9. The number of benzene rings is 2. The second-order valence-electron chi connectivity index (χ2n) is 6.94. The number of rotatable bonds is 7. The Morgan fingerprint density at radius 3 is 2.27 bits per heavy atom. The van der Waals surface area contributed by atoms with E-state index in [1.807, 2.05) is 77.3 Å². The lowest BCUT2D eigenvalue weighted by Gasteiger charge is -2.19. The van der Waals surface area contributed by atoms with Crippen LogP contribution in [0.25, 0.3) is 5.65 Å². The van der Waals surface area contributed by atoms with E-state index in [0.29, 0.717) is 12.1 Å². The van der Waals surface area contributed by atoms with Gasteiger partial charge in [0.2, 0.25) is 0 Å². The van der Waals surface area contributed by atoms with Crippen LogP contribution in [-0.4, -0.2) is 29.5 Å². The quantitative estimate of drug-likeness (QED) is 0.507. The average molecular weight is 401 g/mol. The molecule has 0 saturated heterocycles. The summed E-state index contributed by atoms with van der Waals surface area (Å²) < 4.78 is 12.3. The fourth-order valence-corrected chi connectivity index (χ4v) is 3.36. The second kappa shape index (κ2) is 8.69. The SMILES string of the molecule is COc1ccc(CC(NC(=O)c2cn3ccccc3n2)c2ccc(OC)cc2)cc1. The molecule has 0 aliphatic heterocycles. The van der Waals surface area contributed by atoms with Crippen LogP contribution in [0.15, 0.2) is 79.1 Å². The van der Waals surface area contributed by atoms with Gasteiger partial charge >= 0.3 is 0 Å². The van der Waals surface area contributed by atoms with Gasteiger partial charge in [-0.25, -0.2) is 4.98 Å². The van der Waals surface area contributed by atoms with Crippen molar-refractivity contribution in [3.8, 4) is 11.5 Å². The molecular formula is C24H23N3O3. The number of ether oxygens (including phenoxy) is 2. The van der Waals surface area contributed by atoms with Crippen molar-refractivity contribution in [1.29, 1.82) is 0 Å². The first-order chi connectivity index (χ1) is 14.7. The van der Waals surface area contributed by atoms with E-state index in [1.54, 1.807) is 20.4 Å². The molecule has 0 aliphatic carbocycles. The molecule has 2 aromatic carbocycles. The Morgan fingerprint density at radius 1 is 0.967 bits per heavy atom. The van der Waals surface area contributed by atoms with Crippen molar-refractivity contribution in [2.75, 3.05) is 14.2 Å². The highest BCUT2D eigenvalue weighted by Gasteiger charge is 2.19. The Bertz CT molecular complexity index is 1100. The van der Waals surface area contributed by atoms with Gasteiger partial charge in [-0.2, -0.15) is 0 Å². The molecule has 0 aliphatic rings. The van der Waals surface area contributed by atoms with Crippen LogP contribution in [-0.2, 0) is 6.42 Å². The molecule has 0 saturated carbocycles. The maximum atomic E-state index is 13.0. The lowest BCUT2D eigenvalue weighted by Crippen LogP contribution is -2.30. The third-order valence-corrected chi connectivity index (χ3v) is 5.02. The molecule has 1 atom stereocenters. The minimum atomic E-state index is -0.221. The van der Waals surface area contributed by atoms with Crippen LogP contribution < -0.4 is 14.8 Å². The summed E-state index contributed by atoms with van der Waals surface area (Å²) in [7, 11) is 3.28. The number of hydrogen-bond donors (Lipinski definition) is 1. The largest absolute Gasteiger partial charge is 0.497 e. The Balaban J connectivity index is 1.60. The van der Waals surface area contributed by atoms with E-state index in [0.717, 1.165) is 28.3 Å². The maximum Gasteiger partial charge on any atom is 0.272 e. The van der Waals surface area contributed by atoms with Crippen molar-refractivity contribution in [1.82, 2.24) is 14.7 Å². The molecule has 1 amide bonds. The van der Waals surface area contributed by atoms with Crippen molar-refractivity contribution in [2.24, 2.45) is 0 Å². The highest BCUT2D eigenvalue weighted by molar-refractivity contribution is 5.93. The van der Waals surface area contributed by atoms with E-state index in [1.165, 1.54) is 0 Å². The average Bonchev–Trinajstić information content (AvgIpc) is 3.24. The molecule has 1 unspecified atom stereocenters. The fraction of sp³-hybridized carbons (Fsp3) is 0.167. The first-order valence-corrected chi connectivity index (χ1v) is 9.68. The van der Waals surface area contributed by atoms with Crippen molar-refractivity contribution in [2.45, 2.75) is 12.5 Å². The van der Waals surface area contributed by atoms with Gasteiger partial charge in [0.25, 0.3) is 5.91 Å². The molecule has 2 heterocycles. The third kappa shape index (κ3) is 4.27. The van der Waals surface area contributed by atoms with Gasteiger partial charge in [0.05, 0.1) is 20.3 Å². The maximum absolute atomic E-state index is 13.0. The summed E-state index contributed by atoms with van der Waals surface area (Å²) in [5.74, 6) is 1.36. The van der Waals surface area contributed by atoms with E-state index < -0.39 is 0 Å². The number of pyridine rings is 1. The van der Waals surface area contributed by atoms with Gasteiger partial charge in [-0.15, -0.1) is 0 Å². The number of fused-ring (bicyclic) bond motifs is 1. The summed E-state index contributed by atoms with van der Waals surface area (Å²) in [6.07, 6.45) is 4.25. The van der Waals surface area contributed by atoms with Crippen molar-refractivity contribution in [3.63, 3.8) is 0 Å². The number of carbonyl (C=O) groups is 1. The summed E-state index contributed by atoms with van der Waals surface area (Å²) in [5, 5.41) is 3.14. The number of nitrogens with zero attached hydrogens (tertiary/aromatic N) is 2. The van der Waals surface area contributed by atoms with E-state index >= 15 is 0 Å². The summed E-state index contributed by atoms with van der Waals surface area (Å²) >= 11 is 0. The minimum Gasteiger partial charge on any atom is -0.497 e. The van der Waals surface area contributed by atoms with E-state index in [-0.39, 0.29) is 11.9 Å². The number of imidazole rings is 1. The summed E-state index contributed by atoms with van der Waals surface area (Å²) in [4.78, 5) is 17.4.